The van der Waals surface area contributed by atoms with Gasteiger partial charge >= 0.3 is 0 Å². The van der Waals surface area contributed by atoms with Crippen LogP contribution < -0.4 is 0 Å². The predicted molar refractivity (Wildman–Crippen MR) is 43.8 cm³/mol. The summed E-state index contributed by atoms with van der Waals surface area (Å²) in [6.07, 6.45) is 10.2. The van der Waals surface area contributed by atoms with Crippen molar-refractivity contribution in [2.75, 3.05) is 0 Å². The average molecular weight is 134 g/mol. The number of allylic oxidation sites excluding steroid dienone is 4. The van der Waals surface area contributed by atoms with E-state index in [1.807, 2.05) is 0 Å². The van der Waals surface area contributed by atoms with Gasteiger partial charge in [0.2, 0.25) is 0 Å². The third-order valence-electron chi connectivity index (χ3n) is 2.63. The first-order valence-corrected chi connectivity index (χ1v) is 4.27. The van der Waals surface area contributed by atoms with Crippen molar-refractivity contribution in [2.45, 2.75) is 32.6 Å². The molecule has 1 unspecified atom stereocenters. The molecule has 1 atom stereocenters. The molecule has 0 heteroatoms. The van der Waals surface area contributed by atoms with Crippen molar-refractivity contribution >= 4 is 0 Å². The van der Waals surface area contributed by atoms with Crippen LogP contribution in [0, 0.1) is 5.92 Å². The summed E-state index contributed by atoms with van der Waals surface area (Å²) >= 11 is 0. The first-order chi connectivity index (χ1) is 4.88. The van der Waals surface area contributed by atoms with Gasteiger partial charge in [-0.05, 0) is 42.7 Å². The van der Waals surface area contributed by atoms with E-state index in [4.69, 9.17) is 0 Å². The van der Waals surface area contributed by atoms with E-state index in [9.17, 15) is 0 Å². The van der Waals surface area contributed by atoms with Gasteiger partial charge in [0.25, 0.3) is 0 Å². The monoisotopic (exact) mass is 134 g/mol. The van der Waals surface area contributed by atoms with Crippen molar-refractivity contribution in [1.82, 2.24) is 0 Å². The summed E-state index contributed by atoms with van der Waals surface area (Å²) in [5.41, 5.74) is 3.31. The van der Waals surface area contributed by atoms with Crippen LogP contribution >= 0.6 is 0 Å². The van der Waals surface area contributed by atoms with Gasteiger partial charge in [-0.1, -0.05) is 19.1 Å². The van der Waals surface area contributed by atoms with Crippen LogP contribution in [-0.4, -0.2) is 0 Å². The molecule has 0 nitrogen and oxygen atoms in total. The van der Waals surface area contributed by atoms with Crippen LogP contribution in [0.15, 0.2) is 23.3 Å². The maximum atomic E-state index is 2.44. The molecular weight excluding hydrogens is 120 g/mol. The van der Waals surface area contributed by atoms with Gasteiger partial charge in [0.05, 0.1) is 0 Å². The van der Waals surface area contributed by atoms with E-state index in [1.54, 1.807) is 11.1 Å². The van der Waals surface area contributed by atoms with Crippen LogP contribution in [0.4, 0.5) is 0 Å². The number of hydrogen-bond donors (Lipinski definition) is 0. The normalized spacial score (nSPS) is 31.1. The Balaban J connectivity index is 2.30. The SMILES string of the molecule is CC1CC=C2CCCC=C21. The van der Waals surface area contributed by atoms with Crippen LogP contribution in [0.25, 0.3) is 0 Å². The molecule has 0 saturated heterocycles. The Hall–Kier alpha value is -0.520. The highest BCUT2D eigenvalue weighted by Crippen LogP contribution is 2.36. The molecule has 2 aliphatic rings. The molecule has 10 heavy (non-hydrogen) atoms. The topological polar surface area (TPSA) is 0 Å². The van der Waals surface area contributed by atoms with Crippen LogP contribution in [0.1, 0.15) is 32.6 Å². The minimum absolute atomic E-state index is 0.829. The minimum Gasteiger partial charge on any atom is -0.0808 e. The second-order valence-corrected chi connectivity index (χ2v) is 3.42. The standard InChI is InChI=1S/C10H14/c1-8-6-7-9-4-2-3-5-10(8)9/h5,7-8H,2-4,6H2,1H3. The van der Waals surface area contributed by atoms with Gasteiger partial charge in [0, 0.05) is 0 Å². The molecule has 0 aromatic heterocycles. The minimum atomic E-state index is 0.829. The van der Waals surface area contributed by atoms with Crippen LogP contribution in [0.5, 0.6) is 0 Å². The second kappa shape index (κ2) is 2.26. The third-order valence-corrected chi connectivity index (χ3v) is 2.63. The van der Waals surface area contributed by atoms with Crippen LogP contribution in [0.2, 0.25) is 0 Å². The lowest BCUT2D eigenvalue weighted by molar-refractivity contribution is 0.703. The van der Waals surface area contributed by atoms with Gasteiger partial charge < -0.3 is 0 Å². The van der Waals surface area contributed by atoms with E-state index in [2.05, 4.69) is 19.1 Å². The van der Waals surface area contributed by atoms with Crippen molar-refractivity contribution in [3.05, 3.63) is 23.3 Å². The average Bonchev–Trinajstić information content (AvgIpc) is 2.34. The Bertz CT molecular complexity index is 196. The van der Waals surface area contributed by atoms with E-state index in [-0.39, 0.29) is 0 Å². The maximum absolute atomic E-state index is 2.44. The summed E-state index contributed by atoms with van der Waals surface area (Å²) in [6, 6.07) is 0. The summed E-state index contributed by atoms with van der Waals surface area (Å²) in [5, 5.41) is 0. The second-order valence-electron chi connectivity index (χ2n) is 3.42. The summed E-state index contributed by atoms with van der Waals surface area (Å²) in [4.78, 5) is 0. The summed E-state index contributed by atoms with van der Waals surface area (Å²) in [7, 11) is 0. The number of rotatable bonds is 0. The van der Waals surface area contributed by atoms with Gasteiger partial charge in [0.1, 0.15) is 0 Å². The molecule has 0 saturated carbocycles. The molecule has 0 bridgehead atoms. The quantitative estimate of drug-likeness (QED) is 0.477. The highest BCUT2D eigenvalue weighted by Gasteiger charge is 2.20. The fourth-order valence-electron chi connectivity index (χ4n) is 2.01. The van der Waals surface area contributed by atoms with E-state index in [0.717, 1.165) is 5.92 Å². The molecule has 0 fully saturated rings. The summed E-state index contributed by atoms with van der Waals surface area (Å²) < 4.78 is 0. The highest BCUT2D eigenvalue weighted by molar-refractivity contribution is 5.39. The van der Waals surface area contributed by atoms with Gasteiger partial charge in [-0.3, -0.25) is 0 Å². The van der Waals surface area contributed by atoms with Crippen molar-refractivity contribution < 1.29 is 0 Å². The fourth-order valence-corrected chi connectivity index (χ4v) is 2.01. The molecule has 0 spiro atoms. The zero-order chi connectivity index (χ0) is 6.97. The Morgan fingerprint density at radius 2 is 2.30 bits per heavy atom. The molecule has 0 aromatic carbocycles. The molecule has 0 heterocycles. The van der Waals surface area contributed by atoms with Gasteiger partial charge in [-0.2, -0.15) is 0 Å². The first kappa shape index (κ1) is 6.21. The predicted octanol–water partition coefficient (Wildman–Crippen LogP) is 3.06. The third kappa shape index (κ3) is 0.828. The smallest absolute Gasteiger partial charge is 0.0156 e. The molecule has 2 rings (SSSR count). The van der Waals surface area contributed by atoms with E-state index < -0.39 is 0 Å². The number of fused-ring (bicyclic) bond motifs is 1. The lowest BCUT2D eigenvalue weighted by Crippen LogP contribution is -1.98. The highest BCUT2D eigenvalue weighted by atomic mass is 14.3. The Labute approximate surface area is 62.6 Å². The summed E-state index contributed by atoms with van der Waals surface area (Å²) in [5.74, 6) is 0.829. The van der Waals surface area contributed by atoms with Gasteiger partial charge in [-0.15, -0.1) is 0 Å². The Morgan fingerprint density at radius 1 is 1.40 bits per heavy atom. The van der Waals surface area contributed by atoms with E-state index in [1.165, 1.54) is 25.7 Å². The lowest BCUT2D eigenvalue weighted by Gasteiger charge is -2.14. The molecule has 0 N–H and O–H groups in total. The fraction of sp³-hybridized carbons (Fsp3) is 0.600. The lowest BCUT2D eigenvalue weighted by atomic mass is 9.91. The van der Waals surface area contributed by atoms with Crippen LogP contribution in [-0.2, 0) is 0 Å². The zero-order valence-corrected chi connectivity index (χ0v) is 6.56. The molecule has 54 valence electrons. The molecule has 2 aliphatic carbocycles. The van der Waals surface area contributed by atoms with Gasteiger partial charge in [0.15, 0.2) is 0 Å². The molecule has 0 aromatic rings. The van der Waals surface area contributed by atoms with Gasteiger partial charge in [-0.25, -0.2) is 0 Å². The Morgan fingerprint density at radius 3 is 3.10 bits per heavy atom. The largest absolute Gasteiger partial charge is 0.0808 e. The summed E-state index contributed by atoms with van der Waals surface area (Å²) in [6.45, 7) is 2.33. The maximum Gasteiger partial charge on any atom is -0.0156 e. The zero-order valence-electron chi connectivity index (χ0n) is 6.56. The van der Waals surface area contributed by atoms with Crippen molar-refractivity contribution in [2.24, 2.45) is 5.92 Å². The molecule has 0 amide bonds. The molecule has 0 radical (unpaired) electrons. The van der Waals surface area contributed by atoms with Crippen LogP contribution in [0.3, 0.4) is 0 Å². The van der Waals surface area contributed by atoms with Crippen molar-refractivity contribution in [1.29, 1.82) is 0 Å². The van der Waals surface area contributed by atoms with E-state index >= 15 is 0 Å². The molecular formula is C10H14. The first-order valence-electron chi connectivity index (χ1n) is 4.27. The molecule has 0 aliphatic heterocycles. The number of hydrogen-bond acceptors (Lipinski definition) is 0. The van der Waals surface area contributed by atoms with E-state index in [0.29, 0.717) is 0 Å². The van der Waals surface area contributed by atoms with Crippen molar-refractivity contribution in [3.8, 4) is 0 Å². The van der Waals surface area contributed by atoms with Crippen molar-refractivity contribution in [3.63, 3.8) is 0 Å². The Kier molecular flexibility index (Phi) is 1.40.